The van der Waals surface area contributed by atoms with Crippen LogP contribution in [0, 0.1) is 10.1 Å². The molecule has 1 amide bonds. The van der Waals surface area contributed by atoms with Crippen LogP contribution in [0.5, 0.6) is 0 Å². The number of furan rings is 1. The molecule has 0 saturated carbocycles. The molecule has 0 saturated heterocycles. The Morgan fingerprint density at radius 2 is 2.10 bits per heavy atom. The van der Waals surface area contributed by atoms with Gasteiger partial charge in [0.05, 0.1) is 17.7 Å². The maximum Gasteiger partial charge on any atom is 0.277 e. The summed E-state index contributed by atoms with van der Waals surface area (Å²) in [7, 11) is 0. The third-order valence-electron chi connectivity index (χ3n) is 3.94. The van der Waals surface area contributed by atoms with Crippen LogP contribution in [0.1, 0.15) is 38.5 Å². The first-order valence-corrected chi connectivity index (χ1v) is 9.88. The van der Waals surface area contributed by atoms with E-state index in [0.29, 0.717) is 34.6 Å². The number of rotatable bonds is 9. The van der Waals surface area contributed by atoms with Gasteiger partial charge in [-0.3, -0.25) is 14.9 Å². The third kappa shape index (κ3) is 6.46. The molecule has 29 heavy (non-hydrogen) atoms. The van der Waals surface area contributed by atoms with E-state index >= 15 is 0 Å². The molecule has 2 rings (SSSR count). The molecule has 0 N–H and O–H groups in total. The van der Waals surface area contributed by atoms with E-state index < -0.39 is 4.33 Å². The average Bonchev–Trinajstić information content (AvgIpc) is 3.21. The number of allylic oxidation sites excluding steroid dienone is 3. The van der Waals surface area contributed by atoms with Crippen LogP contribution < -0.4 is 0 Å². The summed E-state index contributed by atoms with van der Waals surface area (Å²) in [4.78, 5) is 30.8. The fourth-order valence-electron chi connectivity index (χ4n) is 2.59. The lowest BCUT2D eigenvalue weighted by molar-refractivity contribution is -0.284. The quantitative estimate of drug-likeness (QED) is 0.243. The van der Waals surface area contributed by atoms with Crippen molar-refractivity contribution in [2.24, 2.45) is 4.99 Å². The van der Waals surface area contributed by atoms with E-state index in [9.17, 15) is 14.9 Å². The van der Waals surface area contributed by atoms with Gasteiger partial charge in [-0.2, -0.15) is 0 Å². The van der Waals surface area contributed by atoms with Crippen LogP contribution in [-0.2, 0) is 11.3 Å². The lowest BCUT2D eigenvalue weighted by atomic mass is 10.1. The SMILES string of the molecule is C/C=C/N(Cc1ccco1)C(=O)C(=N/C(=C/C)CC)c1cccc(S[N+](=O)[O-])c1. The summed E-state index contributed by atoms with van der Waals surface area (Å²) in [5.74, 6) is 0.311. The Hall–Kier alpha value is -3.13. The lowest BCUT2D eigenvalue weighted by Gasteiger charge is -2.19. The summed E-state index contributed by atoms with van der Waals surface area (Å²) in [5.41, 5.74) is 1.48. The van der Waals surface area contributed by atoms with E-state index in [1.54, 1.807) is 54.9 Å². The van der Waals surface area contributed by atoms with E-state index in [1.165, 1.54) is 4.90 Å². The number of aliphatic imine (C=N–C) groups is 1. The van der Waals surface area contributed by atoms with Crippen LogP contribution in [-0.4, -0.2) is 20.8 Å². The van der Waals surface area contributed by atoms with Crippen LogP contribution in [0.4, 0.5) is 0 Å². The molecule has 0 aliphatic carbocycles. The third-order valence-corrected chi connectivity index (χ3v) is 4.55. The molecule has 0 fully saturated rings. The molecule has 0 unspecified atom stereocenters. The van der Waals surface area contributed by atoms with E-state index in [-0.39, 0.29) is 18.2 Å². The number of nitrogens with zero attached hydrogens (tertiary/aromatic N) is 3. The summed E-state index contributed by atoms with van der Waals surface area (Å²) in [6.07, 6.45) is 7.47. The highest BCUT2D eigenvalue weighted by Gasteiger charge is 2.22. The first-order chi connectivity index (χ1) is 14.0. The highest BCUT2D eigenvalue weighted by atomic mass is 32.2. The standard InChI is InChI=1S/C21H23N3O4S/c1-4-12-23(15-18-10-8-13-28-18)21(25)20(22-17(5-2)6-3)16-9-7-11-19(14-16)29-24(26)27/h4-5,7-14H,6,15H2,1-3H3/b12-4+,17-5+,22-20?. The van der Waals surface area contributed by atoms with Crippen LogP contribution >= 0.6 is 11.9 Å². The van der Waals surface area contributed by atoms with Gasteiger partial charge >= 0.3 is 0 Å². The average molecular weight is 413 g/mol. The second kappa shape index (κ2) is 11.0. The van der Waals surface area contributed by atoms with Crippen molar-refractivity contribution in [2.45, 2.75) is 38.6 Å². The maximum atomic E-state index is 13.4. The molecule has 0 atom stereocenters. The van der Waals surface area contributed by atoms with Gasteiger partial charge in [-0.15, -0.1) is 0 Å². The molecule has 0 aliphatic rings. The van der Waals surface area contributed by atoms with Gasteiger partial charge in [0.2, 0.25) is 0 Å². The Morgan fingerprint density at radius 1 is 1.31 bits per heavy atom. The molecule has 8 heteroatoms. The van der Waals surface area contributed by atoms with Crippen molar-refractivity contribution in [3.8, 4) is 0 Å². The van der Waals surface area contributed by atoms with Gasteiger partial charge in [-0.05, 0) is 44.5 Å². The van der Waals surface area contributed by atoms with Crippen molar-refractivity contribution < 1.29 is 13.5 Å². The zero-order valence-corrected chi connectivity index (χ0v) is 17.4. The van der Waals surface area contributed by atoms with Crippen molar-refractivity contribution in [1.29, 1.82) is 0 Å². The Balaban J connectivity index is 2.49. The predicted octanol–water partition coefficient (Wildman–Crippen LogP) is 5.23. The molecule has 152 valence electrons. The van der Waals surface area contributed by atoms with Crippen molar-refractivity contribution >= 4 is 23.6 Å². The maximum absolute atomic E-state index is 13.4. The van der Waals surface area contributed by atoms with Gasteiger partial charge < -0.3 is 9.32 Å². The Labute approximate surface area is 174 Å². The van der Waals surface area contributed by atoms with Gasteiger partial charge in [0.1, 0.15) is 15.8 Å². The number of nitro groups is 1. The molecule has 0 spiro atoms. The highest BCUT2D eigenvalue weighted by molar-refractivity contribution is 7.93. The molecule has 1 aromatic heterocycles. The molecule has 1 heterocycles. The zero-order chi connectivity index (χ0) is 21.2. The summed E-state index contributed by atoms with van der Waals surface area (Å²) in [6.45, 7) is 5.87. The number of hydrogen-bond acceptors (Lipinski definition) is 6. The molecular weight excluding hydrogens is 390 g/mol. The summed E-state index contributed by atoms with van der Waals surface area (Å²) >= 11 is 0.493. The topological polar surface area (TPSA) is 89.0 Å². The van der Waals surface area contributed by atoms with Crippen LogP contribution in [0.2, 0.25) is 0 Å². The van der Waals surface area contributed by atoms with Crippen molar-refractivity contribution in [3.05, 3.63) is 88.1 Å². The van der Waals surface area contributed by atoms with Crippen molar-refractivity contribution in [1.82, 2.24) is 4.90 Å². The molecular formula is C21H23N3O4S. The van der Waals surface area contributed by atoms with E-state index in [2.05, 4.69) is 4.99 Å². The van der Waals surface area contributed by atoms with Crippen LogP contribution in [0.3, 0.4) is 0 Å². The Kier molecular flexibility index (Phi) is 8.42. The minimum Gasteiger partial charge on any atom is -0.467 e. The lowest BCUT2D eigenvalue weighted by Crippen LogP contribution is -2.32. The van der Waals surface area contributed by atoms with Crippen LogP contribution in [0.25, 0.3) is 0 Å². The number of carbonyl (C=O) groups is 1. The molecule has 0 radical (unpaired) electrons. The van der Waals surface area contributed by atoms with E-state index in [1.807, 2.05) is 26.8 Å². The summed E-state index contributed by atoms with van der Waals surface area (Å²) in [5, 5.41) is 10.9. The van der Waals surface area contributed by atoms with Gasteiger partial charge in [0, 0.05) is 17.5 Å². The number of benzene rings is 1. The Bertz CT molecular complexity index is 933. The number of hydrogen-bond donors (Lipinski definition) is 0. The number of amides is 1. The normalized spacial score (nSPS) is 12.4. The van der Waals surface area contributed by atoms with Crippen molar-refractivity contribution in [2.75, 3.05) is 0 Å². The molecule has 7 nitrogen and oxygen atoms in total. The van der Waals surface area contributed by atoms with Crippen LogP contribution in [0.15, 0.2) is 81.0 Å². The fraction of sp³-hybridized carbons (Fsp3) is 0.238. The Morgan fingerprint density at radius 3 is 2.69 bits per heavy atom. The second-order valence-electron chi connectivity index (χ2n) is 5.93. The zero-order valence-electron chi connectivity index (χ0n) is 16.6. The van der Waals surface area contributed by atoms with E-state index in [4.69, 9.17) is 4.42 Å². The molecule has 0 bridgehead atoms. The van der Waals surface area contributed by atoms with Gasteiger partial charge in [0.15, 0.2) is 0 Å². The first kappa shape index (κ1) is 22.2. The monoisotopic (exact) mass is 413 g/mol. The van der Waals surface area contributed by atoms with E-state index in [0.717, 1.165) is 5.70 Å². The minimum absolute atomic E-state index is 0.218. The largest absolute Gasteiger partial charge is 0.467 e. The number of carbonyl (C=O) groups excluding carboxylic acids is 1. The first-order valence-electron chi connectivity index (χ1n) is 9.11. The molecule has 0 aliphatic heterocycles. The summed E-state index contributed by atoms with van der Waals surface area (Å²) < 4.78 is 4.89. The highest BCUT2D eigenvalue weighted by Crippen LogP contribution is 2.21. The summed E-state index contributed by atoms with van der Waals surface area (Å²) in [6, 6.07) is 10.2. The van der Waals surface area contributed by atoms with Crippen molar-refractivity contribution in [3.63, 3.8) is 0 Å². The molecule has 1 aromatic carbocycles. The molecule has 2 aromatic rings. The minimum atomic E-state index is -0.482. The van der Waals surface area contributed by atoms with Gasteiger partial charge in [-0.25, -0.2) is 4.99 Å². The van der Waals surface area contributed by atoms with Gasteiger partial charge in [0.25, 0.3) is 17.9 Å². The fourth-order valence-corrected chi connectivity index (χ4v) is 3.08. The predicted molar refractivity (Wildman–Crippen MR) is 114 cm³/mol. The smallest absolute Gasteiger partial charge is 0.277 e. The second-order valence-corrected chi connectivity index (χ2v) is 6.88. The van der Waals surface area contributed by atoms with Gasteiger partial charge in [-0.1, -0.05) is 31.2 Å².